The van der Waals surface area contributed by atoms with Gasteiger partial charge in [-0.15, -0.1) is 0 Å². The molecule has 144 valence electrons. The molecule has 28 heavy (non-hydrogen) atoms. The molecule has 8 heteroatoms. The van der Waals surface area contributed by atoms with Gasteiger partial charge in [-0.2, -0.15) is 5.10 Å². The Morgan fingerprint density at radius 1 is 1.14 bits per heavy atom. The second kappa shape index (κ2) is 9.05. The van der Waals surface area contributed by atoms with Crippen LogP contribution in [-0.2, 0) is 11.2 Å². The molecule has 0 unspecified atom stereocenters. The first-order chi connectivity index (χ1) is 13.6. The molecule has 0 fully saturated rings. The first-order valence-electron chi connectivity index (χ1n) is 8.58. The molecule has 0 atom stereocenters. The highest BCUT2D eigenvalue weighted by Gasteiger charge is 2.13. The van der Waals surface area contributed by atoms with Gasteiger partial charge in [-0.25, -0.2) is 4.68 Å². The van der Waals surface area contributed by atoms with Gasteiger partial charge in [0, 0.05) is 17.6 Å². The maximum atomic E-state index is 12.2. The predicted octanol–water partition coefficient (Wildman–Crippen LogP) is 2.93. The summed E-state index contributed by atoms with van der Waals surface area (Å²) in [5.41, 5.74) is 6.92. The fourth-order valence-corrected chi connectivity index (χ4v) is 2.74. The Balaban J connectivity index is 1.50. The number of hydrazine groups is 1. The Morgan fingerprint density at radius 3 is 2.68 bits per heavy atom. The summed E-state index contributed by atoms with van der Waals surface area (Å²) in [5.74, 6) is -0.472. The minimum absolute atomic E-state index is 0.207. The third kappa shape index (κ3) is 4.89. The second-order valence-electron chi connectivity index (χ2n) is 5.98. The van der Waals surface area contributed by atoms with Crippen LogP contribution in [0.25, 0.3) is 5.69 Å². The minimum atomic E-state index is -0.487. The number of hydrogen-bond acceptors (Lipinski definition) is 4. The molecule has 0 aliphatic rings. The monoisotopic (exact) mass is 398 g/mol. The topological polar surface area (TPSA) is 85.2 Å². The molecule has 0 radical (unpaired) electrons. The van der Waals surface area contributed by atoms with Gasteiger partial charge in [-0.3, -0.25) is 20.4 Å². The Kier molecular flexibility index (Phi) is 6.29. The standard InChI is InChI=1S/C20H19ClN4O3/c1-28-18-11-15(21)8-9-17(18)20(27)24-23-19(26)10-7-14-12-22-25(13-14)16-5-3-2-4-6-16/h2-6,8-9,11-13H,7,10H2,1H3,(H,23,26)(H,24,27). The Labute approximate surface area is 167 Å². The number of carbonyl (C=O) groups excluding carboxylic acids is 2. The van der Waals surface area contributed by atoms with Crippen molar-refractivity contribution in [1.29, 1.82) is 0 Å². The molecule has 0 saturated carbocycles. The van der Waals surface area contributed by atoms with Gasteiger partial charge in [0.05, 0.1) is 24.6 Å². The van der Waals surface area contributed by atoms with E-state index in [9.17, 15) is 9.59 Å². The van der Waals surface area contributed by atoms with Crippen LogP contribution < -0.4 is 15.6 Å². The fourth-order valence-electron chi connectivity index (χ4n) is 2.58. The van der Waals surface area contributed by atoms with Crippen molar-refractivity contribution in [3.05, 3.63) is 77.1 Å². The quantitative estimate of drug-likeness (QED) is 0.625. The van der Waals surface area contributed by atoms with Crippen LogP contribution in [0, 0.1) is 0 Å². The molecule has 0 aliphatic carbocycles. The molecule has 7 nitrogen and oxygen atoms in total. The number of benzene rings is 2. The molecular formula is C20H19ClN4O3. The van der Waals surface area contributed by atoms with E-state index < -0.39 is 5.91 Å². The maximum absolute atomic E-state index is 12.2. The van der Waals surface area contributed by atoms with Gasteiger partial charge in [-0.05, 0) is 42.3 Å². The lowest BCUT2D eigenvalue weighted by Crippen LogP contribution is -2.41. The number of para-hydroxylation sites is 1. The molecule has 3 aromatic rings. The van der Waals surface area contributed by atoms with Crippen molar-refractivity contribution in [3.8, 4) is 11.4 Å². The van der Waals surface area contributed by atoms with Gasteiger partial charge in [-0.1, -0.05) is 29.8 Å². The normalized spacial score (nSPS) is 10.4. The van der Waals surface area contributed by atoms with Crippen LogP contribution in [0.2, 0.25) is 5.02 Å². The third-order valence-electron chi connectivity index (χ3n) is 4.02. The Morgan fingerprint density at radius 2 is 1.93 bits per heavy atom. The van der Waals surface area contributed by atoms with E-state index in [0.29, 0.717) is 17.2 Å². The number of aromatic nitrogens is 2. The molecule has 1 heterocycles. The van der Waals surface area contributed by atoms with Crippen LogP contribution in [0.3, 0.4) is 0 Å². The zero-order valence-corrected chi connectivity index (χ0v) is 15.9. The molecule has 0 spiro atoms. The van der Waals surface area contributed by atoms with Crippen LogP contribution in [-0.4, -0.2) is 28.7 Å². The Hall–Kier alpha value is -3.32. The number of ether oxygens (including phenoxy) is 1. The number of amides is 2. The van der Waals surface area contributed by atoms with Crippen LogP contribution in [0.1, 0.15) is 22.3 Å². The van der Waals surface area contributed by atoms with Crippen molar-refractivity contribution in [2.24, 2.45) is 0 Å². The van der Waals surface area contributed by atoms with Gasteiger partial charge >= 0.3 is 0 Å². The van der Waals surface area contributed by atoms with E-state index in [-0.39, 0.29) is 17.9 Å². The molecule has 2 amide bonds. The van der Waals surface area contributed by atoms with Crippen LogP contribution in [0.5, 0.6) is 5.75 Å². The molecule has 0 bridgehead atoms. The number of nitrogens with one attached hydrogen (secondary N) is 2. The fraction of sp³-hybridized carbons (Fsp3) is 0.150. The SMILES string of the molecule is COc1cc(Cl)ccc1C(=O)NNC(=O)CCc1cnn(-c2ccccc2)c1. The summed E-state index contributed by atoms with van der Waals surface area (Å²) in [6, 6.07) is 14.3. The number of rotatable bonds is 6. The molecular weight excluding hydrogens is 380 g/mol. The lowest BCUT2D eigenvalue weighted by atomic mass is 10.2. The number of hydrogen-bond donors (Lipinski definition) is 2. The molecule has 3 rings (SSSR count). The van der Waals surface area contributed by atoms with Crippen molar-refractivity contribution in [2.45, 2.75) is 12.8 Å². The average molecular weight is 399 g/mol. The highest BCUT2D eigenvalue weighted by Crippen LogP contribution is 2.22. The lowest BCUT2D eigenvalue weighted by Gasteiger charge is -2.10. The van der Waals surface area contributed by atoms with Gasteiger partial charge in [0.2, 0.25) is 5.91 Å². The number of carbonyl (C=O) groups is 2. The summed E-state index contributed by atoms with van der Waals surface area (Å²) >= 11 is 5.88. The van der Waals surface area contributed by atoms with E-state index in [1.807, 2.05) is 36.5 Å². The smallest absolute Gasteiger partial charge is 0.273 e. The van der Waals surface area contributed by atoms with E-state index >= 15 is 0 Å². The van der Waals surface area contributed by atoms with Crippen molar-refractivity contribution >= 4 is 23.4 Å². The highest BCUT2D eigenvalue weighted by molar-refractivity contribution is 6.30. The van der Waals surface area contributed by atoms with E-state index in [1.165, 1.54) is 19.2 Å². The Bertz CT molecular complexity index is 973. The van der Waals surface area contributed by atoms with E-state index in [0.717, 1.165) is 11.3 Å². The first-order valence-corrected chi connectivity index (χ1v) is 8.96. The first kappa shape index (κ1) is 19.4. The van der Waals surface area contributed by atoms with Crippen LogP contribution in [0.4, 0.5) is 0 Å². The third-order valence-corrected chi connectivity index (χ3v) is 4.26. The van der Waals surface area contributed by atoms with Crippen molar-refractivity contribution in [2.75, 3.05) is 7.11 Å². The summed E-state index contributed by atoms with van der Waals surface area (Å²) in [7, 11) is 1.44. The van der Waals surface area contributed by atoms with E-state index in [2.05, 4.69) is 16.0 Å². The second-order valence-corrected chi connectivity index (χ2v) is 6.41. The largest absolute Gasteiger partial charge is 0.496 e. The molecule has 0 aliphatic heterocycles. The average Bonchev–Trinajstić information content (AvgIpc) is 3.20. The summed E-state index contributed by atoms with van der Waals surface area (Å²) in [6.45, 7) is 0. The predicted molar refractivity (Wildman–Crippen MR) is 105 cm³/mol. The van der Waals surface area contributed by atoms with E-state index in [4.69, 9.17) is 16.3 Å². The molecule has 1 aromatic heterocycles. The summed E-state index contributed by atoms with van der Waals surface area (Å²) in [5, 5.41) is 4.75. The van der Waals surface area contributed by atoms with Crippen LogP contribution in [0.15, 0.2) is 60.9 Å². The van der Waals surface area contributed by atoms with Gasteiger partial charge in [0.1, 0.15) is 5.75 Å². The van der Waals surface area contributed by atoms with E-state index in [1.54, 1.807) is 16.9 Å². The van der Waals surface area contributed by atoms with Gasteiger partial charge in [0.25, 0.3) is 5.91 Å². The maximum Gasteiger partial charge on any atom is 0.273 e. The van der Waals surface area contributed by atoms with Crippen molar-refractivity contribution in [3.63, 3.8) is 0 Å². The number of halogens is 1. The summed E-state index contributed by atoms with van der Waals surface area (Å²) in [6.07, 6.45) is 4.30. The van der Waals surface area contributed by atoms with Crippen LogP contribution >= 0.6 is 11.6 Å². The molecule has 2 N–H and O–H groups in total. The minimum Gasteiger partial charge on any atom is -0.496 e. The van der Waals surface area contributed by atoms with Crippen molar-refractivity contribution in [1.82, 2.24) is 20.6 Å². The zero-order valence-electron chi connectivity index (χ0n) is 15.2. The summed E-state index contributed by atoms with van der Waals surface area (Å²) in [4.78, 5) is 24.2. The van der Waals surface area contributed by atoms with Crippen molar-refractivity contribution < 1.29 is 14.3 Å². The number of aryl methyl sites for hydroxylation is 1. The lowest BCUT2D eigenvalue weighted by molar-refractivity contribution is -0.121. The molecule has 2 aromatic carbocycles. The van der Waals surface area contributed by atoms with Gasteiger partial charge in [0.15, 0.2) is 0 Å². The summed E-state index contributed by atoms with van der Waals surface area (Å²) < 4.78 is 6.88. The number of methoxy groups -OCH3 is 1. The van der Waals surface area contributed by atoms with Gasteiger partial charge < -0.3 is 4.74 Å². The zero-order chi connectivity index (χ0) is 19.9. The molecule has 0 saturated heterocycles. The highest BCUT2D eigenvalue weighted by atomic mass is 35.5. The number of nitrogens with zero attached hydrogens (tertiary/aromatic N) is 2.